The molecule has 1 fully saturated rings. The van der Waals surface area contributed by atoms with E-state index >= 15 is 0 Å². The number of ether oxygens (including phenoxy) is 2. The van der Waals surface area contributed by atoms with Gasteiger partial charge in [-0.3, -0.25) is 9.69 Å². The van der Waals surface area contributed by atoms with E-state index in [1.807, 2.05) is 0 Å². The van der Waals surface area contributed by atoms with E-state index in [2.05, 4.69) is 9.72 Å². The molecule has 1 unspecified atom stereocenters. The maximum Gasteiger partial charge on any atom is 0.512 e. The zero-order valence-electron chi connectivity index (χ0n) is 12.8. The quantitative estimate of drug-likeness (QED) is 0.419. The lowest BCUT2D eigenvalue weighted by Crippen LogP contribution is -2.68. The molecule has 3 rings (SSSR count). The summed E-state index contributed by atoms with van der Waals surface area (Å²) in [5.41, 5.74) is 8.11. The largest absolute Gasteiger partial charge is 0.512 e. The number of fused-ring (bicyclic) bond motifs is 1. The van der Waals surface area contributed by atoms with Crippen molar-refractivity contribution in [3.05, 3.63) is 22.7 Å². The van der Waals surface area contributed by atoms with Gasteiger partial charge in [0.25, 0.3) is 0 Å². The minimum atomic E-state index is -1.50. The smallest absolute Gasteiger partial charge is 0.464 e. The molecule has 2 aliphatic heterocycles. The van der Waals surface area contributed by atoms with Crippen LogP contribution in [0.1, 0.15) is 10.5 Å². The van der Waals surface area contributed by atoms with Gasteiger partial charge in [0, 0.05) is 17.1 Å². The summed E-state index contributed by atoms with van der Waals surface area (Å²) >= 11 is 4.03. The number of carbonyl (C=O) groups excluding carboxylic acids is 2. The summed E-state index contributed by atoms with van der Waals surface area (Å²) in [5.74, 6) is -0.0808. The fourth-order valence-corrected chi connectivity index (χ4v) is 5.61. The molecule has 1 aromatic heterocycles. The lowest BCUT2D eigenvalue weighted by molar-refractivity contribution is -0.144. The molecule has 0 radical (unpaired) electrons. The van der Waals surface area contributed by atoms with Gasteiger partial charge < -0.3 is 20.3 Å². The molecule has 134 valence electrons. The molecule has 2 aliphatic rings. The van der Waals surface area contributed by atoms with E-state index in [4.69, 9.17) is 15.6 Å². The van der Waals surface area contributed by atoms with Crippen LogP contribution in [0.4, 0.5) is 4.79 Å². The Morgan fingerprint density at radius 2 is 2.32 bits per heavy atom. The minimum absolute atomic E-state index is 0.0135. The van der Waals surface area contributed by atoms with Crippen molar-refractivity contribution in [2.45, 2.75) is 15.6 Å². The van der Waals surface area contributed by atoms with Crippen LogP contribution < -0.4 is 5.73 Å². The van der Waals surface area contributed by atoms with Crippen molar-refractivity contribution in [1.29, 1.82) is 0 Å². The number of rotatable bonds is 5. The Bertz CT molecular complexity index is 764. The maximum absolute atomic E-state index is 12.0. The molecular formula is C13H13N3O6S3. The number of carboxylic acid groups (broad SMARTS) is 1. The standard InChI is InChI=1S/C13H13N3O6S3/c1-21-11(18)7-12(25-4-15-7)24-3-5-2-23-10-6(14)8(17)16(10)9(5)22-13(19)20/h4,6,10H,2-3,14H2,1H3,(H,19,20)/t6?,10-/m0/s1. The summed E-state index contributed by atoms with van der Waals surface area (Å²) in [6.07, 6.45) is -1.50. The van der Waals surface area contributed by atoms with E-state index in [9.17, 15) is 14.4 Å². The zero-order valence-corrected chi connectivity index (χ0v) is 15.3. The van der Waals surface area contributed by atoms with Crippen molar-refractivity contribution in [1.82, 2.24) is 9.88 Å². The fourth-order valence-electron chi connectivity index (χ4n) is 2.33. The molecule has 3 N–H and O–H groups in total. The van der Waals surface area contributed by atoms with E-state index in [1.165, 1.54) is 52.4 Å². The number of methoxy groups -OCH3 is 1. The summed E-state index contributed by atoms with van der Waals surface area (Å²) in [6.45, 7) is 0. The summed E-state index contributed by atoms with van der Waals surface area (Å²) < 4.78 is 10.2. The van der Waals surface area contributed by atoms with Gasteiger partial charge in [0.15, 0.2) is 5.69 Å². The third-order valence-electron chi connectivity index (χ3n) is 3.51. The Hall–Kier alpha value is -1.76. The summed E-state index contributed by atoms with van der Waals surface area (Å²) in [5, 5.41) is 8.64. The number of aromatic nitrogens is 1. The van der Waals surface area contributed by atoms with E-state index in [0.29, 0.717) is 21.3 Å². The Morgan fingerprint density at radius 1 is 1.56 bits per heavy atom. The number of nitrogens with zero attached hydrogens (tertiary/aromatic N) is 2. The Morgan fingerprint density at radius 3 is 3.00 bits per heavy atom. The van der Waals surface area contributed by atoms with E-state index in [0.717, 1.165) is 0 Å². The normalized spacial score (nSPS) is 22.3. The number of esters is 1. The van der Waals surface area contributed by atoms with Gasteiger partial charge in [0.2, 0.25) is 11.8 Å². The van der Waals surface area contributed by atoms with Gasteiger partial charge in [-0.05, 0) is 0 Å². The van der Waals surface area contributed by atoms with Crippen molar-refractivity contribution in [3.8, 4) is 0 Å². The van der Waals surface area contributed by atoms with Gasteiger partial charge in [-0.2, -0.15) is 0 Å². The second-order valence-corrected chi connectivity index (χ2v) is 8.18. The first kappa shape index (κ1) is 18.0. The molecular weight excluding hydrogens is 390 g/mol. The molecule has 0 spiro atoms. The Balaban J connectivity index is 1.80. The van der Waals surface area contributed by atoms with Crippen LogP contribution in [0.2, 0.25) is 0 Å². The molecule has 1 saturated heterocycles. The Labute approximate surface area is 154 Å². The molecule has 1 amide bonds. The van der Waals surface area contributed by atoms with Crippen LogP contribution >= 0.6 is 34.9 Å². The molecule has 0 saturated carbocycles. The number of hydrogen-bond acceptors (Lipinski definition) is 10. The number of hydrogen-bond donors (Lipinski definition) is 2. The summed E-state index contributed by atoms with van der Waals surface area (Å²) in [7, 11) is 1.27. The lowest BCUT2D eigenvalue weighted by atomic mass is 10.1. The van der Waals surface area contributed by atoms with Crippen LogP contribution in [0, 0.1) is 0 Å². The van der Waals surface area contributed by atoms with Crippen LogP contribution in [-0.4, -0.2) is 63.1 Å². The zero-order chi connectivity index (χ0) is 18.1. The first-order valence-electron chi connectivity index (χ1n) is 6.91. The lowest BCUT2D eigenvalue weighted by Gasteiger charge is -2.47. The first-order chi connectivity index (χ1) is 11.9. The van der Waals surface area contributed by atoms with Crippen molar-refractivity contribution in [3.63, 3.8) is 0 Å². The second kappa shape index (κ2) is 7.23. The van der Waals surface area contributed by atoms with Crippen LogP contribution in [0.5, 0.6) is 0 Å². The van der Waals surface area contributed by atoms with Gasteiger partial charge in [-0.15, -0.1) is 34.9 Å². The third kappa shape index (κ3) is 3.34. The number of β-lactam (4-membered cyclic amide) rings is 1. The average molecular weight is 403 g/mol. The van der Waals surface area contributed by atoms with Gasteiger partial charge in [-0.25, -0.2) is 14.6 Å². The second-order valence-electron chi connectivity index (χ2n) is 4.98. The predicted octanol–water partition coefficient (Wildman–Crippen LogP) is 1.17. The minimum Gasteiger partial charge on any atom is -0.464 e. The van der Waals surface area contributed by atoms with Crippen LogP contribution in [0.15, 0.2) is 21.2 Å². The van der Waals surface area contributed by atoms with Crippen LogP contribution in [0.25, 0.3) is 0 Å². The van der Waals surface area contributed by atoms with Gasteiger partial charge in [0.05, 0.1) is 16.8 Å². The summed E-state index contributed by atoms with van der Waals surface area (Å²) in [4.78, 5) is 39.8. The number of thiazole rings is 1. The molecule has 2 atom stereocenters. The topological polar surface area (TPSA) is 132 Å². The number of carbonyl (C=O) groups is 3. The monoisotopic (exact) mass is 403 g/mol. The van der Waals surface area contributed by atoms with E-state index in [-0.39, 0.29) is 22.9 Å². The van der Waals surface area contributed by atoms with Gasteiger partial charge in [0.1, 0.15) is 11.4 Å². The highest BCUT2D eigenvalue weighted by Gasteiger charge is 2.51. The van der Waals surface area contributed by atoms with Crippen LogP contribution in [-0.2, 0) is 14.3 Å². The highest BCUT2D eigenvalue weighted by molar-refractivity contribution is 8.02. The molecule has 1 aromatic rings. The number of amides is 1. The van der Waals surface area contributed by atoms with Crippen molar-refractivity contribution in [2.75, 3.05) is 18.6 Å². The van der Waals surface area contributed by atoms with Gasteiger partial charge in [-0.1, -0.05) is 0 Å². The SMILES string of the molecule is COC(=O)c1ncsc1SCC1=C(OC(=O)O)N2C(=O)C(N)[C@@H]2SC1. The molecule has 12 heteroatoms. The predicted molar refractivity (Wildman–Crippen MR) is 91.4 cm³/mol. The van der Waals surface area contributed by atoms with Crippen molar-refractivity contribution >= 4 is 52.9 Å². The molecule has 0 aliphatic carbocycles. The maximum atomic E-state index is 12.0. The molecule has 0 aromatic carbocycles. The highest BCUT2D eigenvalue weighted by atomic mass is 32.2. The van der Waals surface area contributed by atoms with Crippen molar-refractivity contribution in [2.24, 2.45) is 5.73 Å². The Kier molecular flexibility index (Phi) is 5.22. The van der Waals surface area contributed by atoms with Crippen molar-refractivity contribution < 1.29 is 29.0 Å². The van der Waals surface area contributed by atoms with Gasteiger partial charge >= 0.3 is 12.1 Å². The first-order valence-corrected chi connectivity index (χ1v) is 9.83. The number of nitrogens with two attached hydrogens (primary N) is 1. The molecule has 25 heavy (non-hydrogen) atoms. The third-order valence-corrected chi connectivity index (χ3v) is 7.08. The summed E-state index contributed by atoms with van der Waals surface area (Å²) in [6, 6.07) is -0.654. The fraction of sp³-hybridized carbons (Fsp3) is 0.385. The molecule has 9 nitrogen and oxygen atoms in total. The number of thioether (sulfide) groups is 2. The van der Waals surface area contributed by atoms with Crippen LogP contribution in [0.3, 0.4) is 0 Å². The average Bonchev–Trinajstić information content (AvgIpc) is 3.06. The molecule has 3 heterocycles. The van der Waals surface area contributed by atoms with E-state index < -0.39 is 18.2 Å². The van der Waals surface area contributed by atoms with E-state index in [1.54, 1.807) is 0 Å². The highest BCUT2D eigenvalue weighted by Crippen LogP contribution is 2.41. The molecule has 0 bridgehead atoms.